The lowest BCUT2D eigenvalue weighted by Crippen LogP contribution is -2.55. The van der Waals surface area contributed by atoms with Gasteiger partial charge in [0.2, 0.25) is 0 Å². The lowest BCUT2D eigenvalue weighted by molar-refractivity contribution is -0.280. The lowest BCUT2D eigenvalue weighted by atomic mass is 9.80. The summed E-state index contributed by atoms with van der Waals surface area (Å²) in [5.41, 5.74) is 0.786. The van der Waals surface area contributed by atoms with Crippen LogP contribution in [0.3, 0.4) is 0 Å². The first-order chi connectivity index (χ1) is 18.9. The van der Waals surface area contributed by atoms with Crippen molar-refractivity contribution >= 4 is 18.0 Å². The van der Waals surface area contributed by atoms with Crippen LogP contribution in [0.15, 0.2) is 23.8 Å². The van der Waals surface area contributed by atoms with Crippen LogP contribution in [0.25, 0.3) is 0 Å². The number of aliphatic hydroxyl groups is 2. The molecule has 10 atom stereocenters. The molecule has 2 aliphatic heterocycles. The second-order valence-electron chi connectivity index (χ2n) is 11.9. The van der Waals surface area contributed by atoms with Crippen molar-refractivity contribution in [2.45, 2.75) is 110 Å². The van der Waals surface area contributed by atoms with Crippen LogP contribution in [-0.2, 0) is 28.6 Å². The van der Waals surface area contributed by atoms with E-state index in [-0.39, 0.29) is 67.0 Å². The number of ketones is 1. The molecule has 0 aromatic rings. The Labute approximate surface area is 239 Å². The van der Waals surface area contributed by atoms with E-state index in [4.69, 9.17) is 14.2 Å². The normalized spacial score (nSPS) is 39.3. The number of allylic oxidation sites excluding steroid dienone is 3. The predicted molar refractivity (Wildman–Crippen MR) is 152 cm³/mol. The Kier molecular flexibility index (Phi) is 14.2. The van der Waals surface area contributed by atoms with Crippen LogP contribution in [0.4, 0.5) is 0 Å². The molecule has 9 heteroatoms. The second-order valence-corrected chi connectivity index (χ2v) is 11.9. The van der Waals surface area contributed by atoms with Crippen molar-refractivity contribution in [2.24, 2.45) is 23.7 Å². The Morgan fingerprint density at radius 3 is 2.45 bits per heavy atom. The van der Waals surface area contributed by atoms with Crippen molar-refractivity contribution in [2.75, 3.05) is 20.7 Å². The Balaban J connectivity index is 2.43. The number of carbonyl (C=O) groups is 3. The number of esters is 1. The van der Waals surface area contributed by atoms with Crippen molar-refractivity contribution < 1.29 is 38.8 Å². The number of carbonyl (C=O) groups excluding carboxylic acids is 3. The minimum absolute atomic E-state index is 0.0728. The van der Waals surface area contributed by atoms with Crippen LogP contribution in [0, 0.1) is 23.7 Å². The second kappa shape index (κ2) is 16.5. The molecule has 0 bridgehead atoms. The third kappa shape index (κ3) is 9.87. The third-order valence-electron chi connectivity index (χ3n) is 8.30. The van der Waals surface area contributed by atoms with Crippen LogP contribution >= 0.6 is 0 Å². The quantitative estimate of drug-likeness (QED) is 0.353. The number of aliphatic hydroxyl groups excluding tert-OH is 2. The molecule has 1 saturated heterocycles. The fourth-order valence-corrected chi connectivity index (χ4v) is 5.84. The zero-order valence-corrected chi connectivity index (χ0v) is 25.3. The van der Waals surface area contributed by atoms with Gasteiger partial charge in [-0.3, -0.25) is 9.59 Å². The first-order valence-electron chi connectivity index (χ1n) is 14.7. The summed E-state index contributed by atoms with van der Waals surface area (Å²) in [6.45, 7) is 9.29. The SMILES string of the molecule is CC[C@H]1OC(=O)CC[C@H](C)C(O[C@@H]2O[C@H](C)C[C@H](N(C)C)[C@H]2O)[C@@H](CC=O)C[C@@H](C)C(=O)/C=C/C(C)=C/[C@@H]1CO. The molecule has 0 radical (unpaired) electrons. The Morgan fingerprint density at radius 1 is 1.15 bits per heavy atom. The van der Waals surface area contributed by atoms with E-state index in [1.807, 2.05) is 59.7 Å². The zero-order valence-electron chi connectivity index (χ0n) is 25.3. The highest BCUT2D eigenvalue weighted by Crippen LogP contribution is 2.34. The first kappa shape index (κ1) is 34.3. The summed E-state index contributed by atoms with van der Waals surface area (Å²) >= 11 is 0. The average molecular weight is 566 g/mol. The Bertz CT molecular complexity index is 887. The topological polar surface area (TPSA) is 123 Å². The summed E-state index contributed by atoms with van der Waals surface area (Å²) < 4.78 is 18.3. The fourth-order valence-electron chi connectivity index (χ4n) is 5.84. The van der Waals surface area contributed by atoms with Crippen LogP contribution < -0.4 is 0 Å². The molecular weight excluding hydrogens is 514 g/mol. The molecule has 2 aliphatic rings. The molecule has 0 aromatic heterocycles. The smallest absolute Gasteiger partial charge is 0.306 e. The first-order valence-corrected chi connectivity index (χ1v) is 14.7. The maximum absolute atomic E-state index is 13.1. The van der Waals surface area contributed by atoms with Gasteiger partial charge in [-0.2, -0.15) is 0 Å². The third-order valence-corrected chi connectivity index (χ3v) is 8.30. The lowest BCUT2D eigenvalue weighted by Gasteiger charge is -2.44. The number of cyclic esters (lactones) is 1. The maximum atomic E-state index is 13.1. The monoisotopic (exact) mass is 565 g/mol. The van der Waals surface area contributed by atoms with Gasteiger partial charge in [0, 0.05) is 30.7 Å². The number of nitrogens with zero attached hydrogens (tertiary/aromatic N) is 1. The molecule has 2 heterocycles. The van der Waals surface area contributed by atoms with Crippen molar-refractivity contribution in [1.82, 2.24) is 4.90 Å². The van der Waals surface area contributed by atoms with Crippen molar-refractivity contribution in [1.29, 1.82) is 0 Å². The average Bonchev–Trinajstić information content (AvgIpc) is 2.91. The minimum Gasteiger partial charge on any atom is -0.462 e. The molecule has 0 aliphatic carbocycles. The number of hydrogen-bond acceptors (Lipinski definition) is 9. The van der Waals surface area contributed by atoms with Gasteiger partial charge in [0.25, 0.3) is 0 Å². The van der Waals surface area contributed by atoms with Crippen molar-refractivity contribution in [3.8, 4) is 0 Å². The molecule has 2 rings (SSSR count). The molecule has 0 amide bonds. The number of hydrogen-bond donors (Lipinski definition) is 2. The van der Waals surface area contributed by atoms with E-state index in [9.17, 15) is 24.6 Å². The standard InChI is InChI=1S/C31H51NO8/c1-8-27-24(18-34)15-19(2)9-11-26(35)21(4)16-23(13-14-33)30(20(3)10-12-28(36)39-27)40-31-29(37)25(32(6)7)17-22(5)38-31/h9,11,14-15,20-25,27,29-31,34,37H,8,10,12-13,16-18H2,1-7H3/b11-9+,19-15+/t20-,21+,22+,23-,24+,25-,27+,29+,30?,31-/m0/s1. The van der Waals surface area contributed by atoms with E-state index >= 15 is 0 Å². The number of aldehydes is 1. The van der Waals surface area contributed by atoms with Gasteiger partial charge < -0.3 is 34.1 Å². The molecule has 0 aromatic carbocycles. The molecule has 1 unspecified atom stereocenters. The van der Waals surface area contributed by atoms with E-state index in [2.05, 4.69) is 0 Å². The summed E-state index contributed by atoms with van der Waals surface area (Å²) in [5.74, 6) is -1.74. The van der Waals surface area contributed by atoms with Crippen LogP contribution in [0.2, 0.25) is 0 Å². The highest BCUT2D eigenvalue weighted by molar-refractivity contribution is 5.91. The van der Waals surface area contributed by atoms with Gasteiger partial charge >= 0.3 is 5.97 Å². The zero-order chi connectivity index (χ0) is 30.0. The predicted octanol–water partition coefficient (Wildman–Crippen LogP) is 3.46. The van der Waals surface area contributed by atoms with E-state index < -0.39 is 24.6 Å². The van der Waals surface area contributed by atoms with Gasteiger partial charge in [-0.05, 0) is 71.5 Å². The van der Waals surface area contributed by atoms with Gasteiger partial charge in [0.15, 0.2) is 12.1 Å². The highest BCUT2D eigenvalue weighted by atomic mass is 16.7. The summed E-state index contributed by atoms with van der Waals surface area (Å²) in [6, 6.07) is -0.165. The largest absolute Gasteiger partial charge is 0.462 e. The Morgan fingerprint density at radius 2 is 1.85 bits per heavy atom. The minimum atomic E-state index is -0.913. The van der Waals surface area contributed by atoms with Crippen LogP contribution in [-0.4, -0.2) is 90.6 Å². The molecule has 228 valence electrons. The van der Waals surface area contributed by atoms with Crippen molar-refractivity contribution in [3.05, 3.63) is 23.8 Å². The number of rotatable bonds is 7. The molecule has 0 spiro atoms. The number of ether oxygens (including phenoxy) is 3. The fraction of sp³-hybridized carbons (Fsp3) is 0.774. The van der Waals surface area contributed by atoms with E-state index in [1.165, 1.54) is 6.08 Å². The molecular formula is C31H51NO8. The van der Waals surface area contributed by atoms with Gasteiger partial charge in [-0.25, -0.2) is 0 Å². The van der Waals surface area contributed by atoms with Gasteiger partial charge in [-0.15, -0.1) is 0 Å². The summed E-state index contributed by atoms with van der Waals surface area (Å²) in [7, 11) is 3.81. The number of likely N-dealkylation sites (N-methyl/N-ethyl adjacent to an activating group) is 1. The molecule has 9 nitrogen and oxygen atoms in total. The Hall–Kier alpha value is -1.91. The molecule has 40 heavy (non-hydrogen) atoms. The van der Waals surface area contributed by atoms with Crippen molar-refractivity contribution in [3.63, 3.8) is 0 Å². The molecule has 2 N–H and O–H groups in total. The van der Waals surface area contributed by atoms with E-state index in [0.29, 0.717) is 25.7 Å². The highest BCUT2D eigenvalue weighted by Gasteiger charge is 2.41. The summed E-state index contributed by atoms with van der Waals surface area (Å²) in [5, 5.41) is 21.1. The van der Waals surface area contributed by atoms with Crippen LogP contribution in [0.1, 0.15) is 73.1 Å². The summed E-state index contributed by atoms with van der Waals surface area (Å²) in [4.78, 5) is 39.7. The van der Waals surface area contributed by atoms with E-state index in [0.717, 1.165) is 11.9 Å². The van der Waals surface area contributed by atoms with Crippen LogP contribution in [0.5, 0.6) is 0 Å². The van der Waals surface area contributed by atoms with Gasteiger partial charge in [0.05, 0.1) is 18.8 Å². The summed E-state index contributed by atoms with van der Waals surface area (Å²) in [6.07, 6.45) is 5.21. The molecule has 1 fully saturated rings. The van der Waals surface area contributed by atoms with E-state index in [1.54, 1.807) is 6.08 Å². The van der Waals surface area contributed by atoms with Gasteiger partial charge in [0.1, 0.15) is 18.5 Å². The van der Waals surface area contributed by atoms with Gasteiger partial charge in [-0.1, -0.05) is 38.5 Å². The maximum Gasteiger partial charge on any atom is 0.306 e. The molecule has 0 saturated carbocycles.